The van der Waals surface area contributed by atoms with Crippen molar-refractivity contribution in [2.24, 2.45) is 0 Å². The van der Waals surface area contributed by atoms with Gasteiger partial charge in [0.25, 0.3) is 0 Å². The second-order valence-corrected chi connectivity index (χ2v) is 6.57. The average molecular weight is 398 g/mol. The second kappa shape index (κ2) is 7.90. The Bertz CT molecular complexity index is 1050. The van der Waals surface area contributed by atoms with Gasteiger partial charge in [-0.1, -0.05) is 29.8 Å². The van der Waals surface area contributed by atoms with Gasteiger partial charge in [0.1, 0.15) is 12.4 Å². The van der Waals surface area contributed by atoms with E-state index in [0.29, 0.717) is 12.6 Å². The number of fused-ring (bicyclic) bond motifs is 1. The van der Waals surface area contributed by atoms with Crippen LogP contribution in [0.2, 0.25) is 0 Å². The summed E-state index contributed by atoms with van der Waals surface area (Å²) in [5, 5.41) is 7.61. The first-order valence-corrected chi connectivity index (χ1v) is 9.22. The number of benzene rings is 2. The molecule has 0 unspecified atom stereocenters. The summed E-state index contributed by atoms with van der Waals surface area (Å²) in [5.41, 5.74) is 3.87. The predicted molar refractivity (Wildman–Crippen MR) is 105 cm³/mol. The fourth-order valence-electron chi connectivity index (χ4n) is 3.32. The first kappa shape index (κ1) is 18.9. The van der Waals surface area contributed by atoms with E-state index < -0.39 is 6.61 Å². The standard InChI is InChI=1S/C21H20F2N4O2/c1-3-28-19-10-15(7-8-18(19)29-20(22)23)17-11-16(14-6-4-5-13(2)9-14)26-21-24-12-25-27(17)21/h4-12,17,20H,3H2,1-2H3,(H,24,25,26)/t17-/m0/s1. The highest BCUT2D eigenvalue weighted by molar-refractivity contribution is 5.77. The van der Waals surface area contributed by atoms with Crippen LogP contribution in [0.3, 0.4) is 0 Å². The van der Waals surface area contributed by atoms with E-state index >= 15 is 0 Å². The molecule has 3 aromatic rings. The number of hydrogen-bond acceptors (Lipinski definition) is 5. The minimum Gasteiger partial charge on any atom is -0.490 e. The molecule has 0 spiro atoms. The van der Waals surface area contributed by atoms with Crippen LogP contribution in [0.25, 0.3) is 5.70 Å². The number of nitrogens with zero attached hydrogens (tertiary/aromatic N) is 3. The number of nitrogens with one attached hydrogen (secondary N) is 1. The lowest BCUT2D eigenvalue weighted by Gasteiger charge is -2.25. The molecule has 0 saturated heterocycles. The number of ether oxygens (including phenoxy) is 2. The Morgan fingerprint density at radius 2 is 2.03 bits per heavy atom. The average Bonchev–Trinajstić information content (AvgIpc) is 3.17. The van der Waals surface area contributed by atoms with Crippen LogP contribution in [0.4, 0.5) is 14.7 Å². The van der Waals surface area contributed by atoms with Crippen molar-refractivity contribution >= 4 is 11.6 Å². The van der Waals surface area contributed by atoms with Crippen molar-refractivity contribution in [3.05, 3.63) is 71.6 Å². The Kier molecular flexibility index (Phi) is 5.16. The van der Waals surface area contributed by atoms with E-state index in [0.717, 1.165) is 22.4 Å². The summed E-state index contributed by atoms with van der Waals surface area (Å²) < 4.78 is 37.2. The quantitative estimate of drug-likeness (QED) is 0.655. The Hall–Kier alpha value is -3.42. The summed E-state index contributed by atoms with van der Waals surface area (Å²) in [6.45, 7) is 1.22. The van der Waals surface area contributed by atoms with Crippen molar-refractivity contribution in [2.45, 2.75) is 26.5 Å². The summed E-state index contributed by atoms with van der Waals surface area (Å²) in [7, 11) is 0. The minimum atomic E-state index is -2.92. The summed E-state index contributed by atoms with van der Waals surface area (Å²) in [5.74, 6) is 0.858. The molecule has 0 amide bonds. The van der Waals surface area contributed by atoms with Crippen LogP contribution in [0.15, 0.2) is 54.9 Å². The van der Waals surface area contributed by atoms with Gasteiger partial charge in [0.05, 0.1) is 6.61 Å². The smallest absolute Gasteiger partial charge is 0.387 e. The number of halogens is 2. The van der Waals surface area contributed by atoms with E-state index in [9.17, 15) is 8.78 Å². The highest BCUT2D eigenvalue weighted by Gasteiger charge is 2.25. The zero-order chi connectivity index (χ0) is 20.4. The van der Waals surface area contributed by atoms with Gasteiger partial charge in [-0.05, 0) is 49.2 Å². The van der Waals surface area contributed by atoms with Crippen molar-refractivity contribution in [3.63, 3.8) is 0 Å². The van der Waals surface area contributed by atoms with Crippen molar-refractivity contribution in [3.8, 4) is 11.5 Å². The molecule has 0 aliphatic carbocycles. The Balaban J connectivity index is 1.77. The molecule has 1 aromatic heterocycles. The number of aryl methyl sites for hydroxylation is 1. The van der Waals surface area contributed by atoms with Crippen LogP contribution in [0.5, 0.6) is 11.5 Å². The van der Waals surface area contributed by atoms with Gasteiger partial charge >= 0.3 is 6.61 Å². The molecule has 29 heavy (non-hydrogen) atoms. The number of anilines is 1. The maximum absolute atomic E-state index is 12.7. The highest BCUT2D eigenvalue weighted by Crippen LogP contribution is 2.37. The number of hydrogen-bond donors (Lipinski definition) is 1. The van der Waals surface area contributed by atoms with Gasteiger partial charge in [-0.25, -0.2) is 4.68 Å². The fourth-order valence-corrected chi connectivity index (χ4v) is 3.32. The van der Waals surface area contributed by atoms with E-state index in [1.807, 2.05) is 31.2 Å². The van der Waals surface area contributed by atoms with Gasteiger partial charge in [-0.3, -0.25) is 0 Å². The SMILES string of the molecule is CCOc1cc([C@@H]2C=C(c3cccc(C)c3)Nc3ncnn32)ccc1OC(F)F. The van der Waals surface area contributed by atoms with Gasteiger partial charge in [0, 0.05) is 5.70 Å². The lowest BCUT2D eigenvalue weighted by molar-refractivity contribution is -0.0514. The van der Waals surface area contributed by atoms with Crippen molar-refractivity contribution < 1.29 is 18.3 Å². The molecule has 0 fully saturated rings. The Labute approximate surface area is 166 Å². The third kappa shape index (κ3) is 3.91. The largest absolute Gasteiger partial charge is 0.490 e. The molecular formula is C21H20F2N4O2. The molecule has 1 aliphatic rings. The third-order valence-corrected chi connectivity index (χ3v) is 4.56. The van der Waals surface area contributed by atoms with Gasteiger partial charge in [-0.15, -0.1) is 0 Å². The molecule has 0 saturated carbocycles. The van der Waals surface area contributed by atoms with Crippen LogP contribution in [0.1, 0.15) is 29.7 Å². The maximum atomic E-state index is 12.7. The van der Waals surface area contributed by atoms with Crippen LogP contribution in [-0.4, -0.2) is 28.0 Å². The number of allylic oxidation sites excluding steroid dienone is 1. The molecule has 8 heteroatoms. The first-order valence-electron chi connectivity index (χ1n) is 9.22. The molecule has 6 nitrogen and oxygen atoms in total. The van der Waals surface area contributed by atoms with Crippen molar-refractivity contribution in [1.82, 2.24) is 14.8 Å². The van der Waals surface area contributed by atoms with Crippen molar-refractivity contribution in [1.29, 1.82) is 0 Å². The third-order valence-electron chi connectivity index (χ3n) is 4.56. The van der Waals surface area contributed by atoms with Gasteiger partial charge < -0.3 is 14.8 Å². The van der Waals surface area contributed by atoms with Crippen LogP contribution in [-0.2, 0) is 0 Å². The summed E-state index contributed by atoms with van der Waals surface area (Å²) in [6.07, 6.45) is 3.50. The van der Waals surface area contributed by atoms with Crippen LogP contribution < -0.4 is 14.8 Å². The summed E-state index contributed by atoms with van der Waals surface area (Å²) in [6, 6.07) is 12.7. The van der Waals surface area contributed by atoms with E-state index in [1.165, 1.54) is 12.4 Å². The molecular weight excluding hydrogens is 378 g/mol. The highest BCUT2D eigenvalue weighted by atomic mass is 19.3. The summed E-state index contributed by atoms with van der Waals surface area (Å²) in [4.78, 5) is 4.29. The van der Waals surface area contributed by atoms with E-state index in [2.05, 4.69) is 26.2 Å². The zero-order valence-electron chi connectivity index (χ0n) is 16.0. The lowest BCUT2D eigenvalue weighted by atomic mass is 10.0. The van der Waals surface area contributed by atoms with Crippen LogP contribution in [0, 0.1) is 6.92 Å². The zero-order valence-corrected chi connectivity index (χ0v) is 16.0. The predicted octanol–water partition coefficient (Wildman–Crippen LogP) is 4.64. The number of aromatic nitrogens is 3. The minimum absolute atomic E-state index is 0.00114. The monoisotopic (exact) mass is 398 g/mol. The lowest BCUT2D eigenvalue weighted by Crippen LogP contribution is -2.20. The normalized spacial score (nSPS) is 15.5. The molecule has 1 aliphatic heterocycles. The molecule has 1 atom stereocenters. The maximum Gasteiger partial charge on any atom is 0.387 e. The van der Waals surface area contributed by atoms with Gasteiger partial charge in [-0.2, -0.15) is 18.9 Å². The second-order valence-electron chi connectivity index (χ2n) is 6.57. The number of alkyl halides is 2. The molecule has 2 heterocycles. The topological polar surface area (TPSA) is 61.2 Å². The van der Waals surface area contributed by atoms with E-state index in [-0.39, 0.29) is 17.5 Å². The Morgan fingerprint density at radius 1 is 1.17 bits per heavy atom. The summed E-state index contributed by atoms with van der Waals surface area (Å²) >= 11 is 0. The molecule has 2 aromatic carbocycles. The molecule has 0 bridgehead atoms. The van der Waals surface area contributed by atoms with E-state index in [4.69, 9.17) is 4.74 Å². The molecule has 1 N–H and O–H groups in total. The first-order chi connectivity index (χ1) is 14.0. The molecule has 150 valence electrons. The van der Waals surface area contributed by atoms with Crippen molar-refractivity contribution in [2.75, 3.05) is 11.9 Å². The Morgan fingerprint density at radius 3 is 2.79 bits per heavy atom. The van der Waals surface area contributed by atoms with Crippen LogP contribution >= 0.6 is 0 Å². The molecule has 0 radical (unpaired) electrons. The number of rotatable bonds is 6. The van der Waals surface area contributed by atoms with E-state index in [1.54, 1.807) is 23.7 Å². The molecule has 4 rings (SSSR count). The van der Waals surface area contributed by atoms with Gasteiger partial charge in [0.2, 0.25) is 5.95 Å². The van der Waals surface area contributed by atoms with Gasteiger partial charge in [0.15, 0.2) is 11.5 Å². The fraction of sp³-hybridized carbons (Fsp3) is 0.238.